The lowest BCUT2D eigenvalue weighted by molar-refractivity contribution is 1.68. The Morgan fingerprint density at radius 2 is 0.658 bits per heavy atom. The van der Waals surface area contributed by atoms with Crippen molar-refractivity contribution in [2.24, 2.45) is 0 Å². The molecule has 0 aromatic heterocycles. The second-order valence-electron chi connectivity index (χ2n) is 10.2. The summed E-state index contributed by atoms with van der Waals surface area (Å²) in [5.74, 6) is 0. The molecule has 0 spiro atoms. The van der Waals surface area contributed by atoms with Gasteiger partial charge in [0.2, 0.25) is 0 Å². The van der Waals surface area contributed by atoms with Gasteiger partial charge in [-0.1, -0.05) is 121 Å². The van der Waals surface area contributed by atoms with E-state index in [1.807, 2.05) is 0 Å². The van der Waals surface area contributed by atoms with Crippen molar-refractivity contribution in [3.63, 3.8) is 0 Å². The van der Waals surface area contributed by atoms with Gasteiger partial charge >= 0.3 is 0 Å². The molecular weight excluding hydrogens is 456 g/mol. The first-order chi connectivity index (χ1) is 18.8. The summed E-state index contributed by atoms with van der Waals surface area (Å²) in [5.41, 5.74) is 5.08. The van der Waals surface area contributed by atoms with Gasteiger partial charge in [-0.15, -0.1) is 0 Å². The Bertz CT molecular complexity index is 2130. The molecule has 0 saturated carbocycles. The van der Waals surface area contributed by atoms with Crippen molar-refractivity contribution in [1.29, 1.82) is 0 Å². The maximum atomic E-state index is 2.36. The largest absolute Gasteiger partial charge is 0.0616 e. The van der Waals surface area contributed by atoms with Gasteiger partial charge in [-0.05, 0) is 100 Å². The molecule has 38 heavy (non-hydrogen) atoms. The summed E-state index contributed by atoms with van der Waals surface area (Å²) in [6, 6.07) is 53.4. The Morgan fingerprint density at radius 3 is 1.32 bits per heavy atom. The van der Waals surface area contributed by atoms with Gasteiger partial charge in [0.05, 0.1) is 0 Å². The van der Waals surface area contributed by atoms with E-state index in [2.05, 4.69) is 146 Å². The molecule has 8 aromatic carbocycles. The number of fused-ring (bicyclic) bond motifs is 6. The standard InChI is InChI=1S/C38H24/c1-2-8-26-21-27(14-13-25(26)7-1)28-17-19-34-31(22-28)15-16-32-24-33(18-20-35(32)34)38-36-11-5-3-9-29(36)23-30-10-4-6-12-37(30)38/h1-24H. The Kier molecular flexibility index (Phi) is 4.62. The van der Waals surface area contributed by atoms with Crippen LogP contribution in [0.5, 0.6) is 0 Å². The van der Waals surface area contributed by atoms with Gasteiger partial charge in [-0.2, -0.15) is 0 Å². The van der Waals surface area contributed by atoms with Crippen molar-refractivity contribution in [3.05, 3.63) is 146 Å². The zero-order chi connectivity index (χ0) is 25.1. The highest BCUT2D eigenvalue weighted by Crippen LogP contribution is 2.39. The quantitative estimate of drug-likeness (QED) is 0.170. The predicted octanol–water partition coefficient (Wildman–Crippen LogP) is 10.8. The van der Waals surface area contributed by atoms with Crippen molar-refractivity contribution >= 4 is 53.9 Å². The molecule has 0 unspecified atom stereocenters. The Morgan fingerprint density at radius 1 is 0.237 bits per heavy atom. The Balaban J connectivity index is 1.29. The second-order valence-corrected chi connectivity index (χ2v) is 10.2. The smallest absolute Gasteiger partial charge is 0.00266 e. The van der Waals surface area contributed by atoms with Crippen LogP contribution in [0.3, 0.4) is 0 Å². The van der Waals surface area contributed by atoms with E-state index in [1.54, 1.807) is 0 Å². The first-order valence-electron chi connectivity index (χ1n) is 13.2. The van der Waals surface area contributed by atoms with Crippen molar-refractivity contribution in [3.8, 4) is 22.3 Å². The summed E-state index contributed by atoms with van der Waals surface area (Å²) in [6.45, 7) is 0. The fourth-order valence-electron chi connectivity index (χ4n) is 6.10. The molecule has 0 fully saturated rings. The minimum absolute atomic E-state index is 1.25. The van der Waals surface area contributed by atoms with E-state index < -0.39 is 0 Å². The molecule has 0 aliphatic rings. The SMILES string of the molecule is c1ccc2cc(-c3ccc4c(ccc5cc(-c6c7ccccc7cc7ccccc67)ccc54)c3)ccc2c1. The van der Waals surface area contributed by atoms with E-state index in [0.29, 0.717) is 0 Å². The minimum Gasteiger partial charge on any atom is -0.0616 e. The molecule has 8 rings (SSSR count). The van der Waals surface area contributed by atoms with E-state index in [-0.39, 0.29) is 0 Å². The number of hydrogen-bond acceptors (Lipinski definition) is 0. The molecule has 0 heterocycles. The summed E-state index contributed by atoms with van der Waals surface area (Å²) in [5, 5.41) is 12.8. The van der Waals surface area contributed by atoms with Crippen LogP contribution < -0.4 is 0 Å². The highest BCUT2D eigenvalue weighted by atomic mass is 14.1. The van der Waals surface area contributed by atoms with Crippen LogP contribution in [0, 0.1) is 0 Å². The van der Waals surface area contributed by atoms with E-state index in [1.165, 1.54) is 76.1 Å². The molecule has 8 aromatic rings. The lowest BCUT2D eigenvalue weighted by Gasteiger charge is -2.14. The summed E-state index contributed by atoms with van der Waals surface area (Å²) >= 11 is 0. The van der Waals surface area contributed by atoms with Crippen LogP contribution in [-0.4, -0.2) is 0 Å². The Labute approximate surface area is 221 Å². The van der Waals surface area contributed by atoms with Gasteiger partial charge < -0.3 is 0 Å². The van der Waals surface area contributed by atoms with Gasteiger partial charge in [0.15, 0.2) is 0 Å². The fraction of sp³-hybridized carbons (Fsp3) is 0. The van der Waals surface area contributed by atoms with Gasteiger partial charge in [0, 0.05) is 0 Å². The molecule has 0 saturated heterocycles. The fourth-order valence-corrected chi connectivity index (χ4v) is 6.10. The third-order valence-electron chi connectivity index (χ3n) is 7.98. The zero-order valence-electron chi connectivity index (χ0n) is 20.9. The maximum absolute atomic E-state index is 2.36. The van der Waals surface area contributed by atoms with Gasteiger partial charge in [-0.25, -0.2) is 0 Å². The first-order valence-corrected chi connectivity index (χ1v) is 13.2. The van der Waals surface area contributed by atoms with Gasteiger partial charge in [-0.3, -0.25) is 0 Å². The summed E-state index contributed by atoms with van der Waals surface area (Å²) in [6.07, 6.45) is 0. The molecule has 0 heteroatoms. The summed E-state index contributed by atoms with van der Waals surface area (Å²) < 4.78 is 0. The molecule has 176 valence electrons. The van der Waals surface area contributed by atoms with Crippen LogP contribution >= 0.6 is 0 Å². The topological polar surface area (TPSA) is 0 Å². The zero-order valence-corrected chi connectivity index (χ0v) is 20.9. The number of rotatable bonds is 2. The van der Waals surface area contributed by atoms with Crippen molar-refractivity contribution < 1.29 is 0 Å². The lowest BCUT2D eigenvalue weighted by Crippen LogP contribution is -1.87. The molecule has 0 amide bonds. The van der Waals surface area contributed by atoms with E-state index in [4.69, 9.17) is 0 Å². The van der Waals surface area contributed by atoms with Gasteiger partial charge in [0.1, 0.15) is 0 Å². The molecule has 0 N–H and O–H groups in total. The molecule has 0 aliphatic carbocycles. The monoisotopic (exact) mass is 480 g/mol. The van der Waals surface area contributed by atoms with Crippen LogP contribution in [0.25, 0.3) is 76.1 Å². The number of hydrogen-bond donors (Lipinski definition) is 0. The third-order valence-corrected chi connectivity index (χ3v) is 7.98. The van der Waals surface area contributed by atoms with E-state index in [0.717, 1.165) is 0 Å². The summed E-state index contributed by atoms with van der Waals surface area (Å²) in [4.78, 5) is 0. The third kappa shape index (κ3) is 3.31. The molecule has 0 aliphatic heterocycles. The highest BCUT2D eigenvalue weighted by molar-refractivity contribution is 6.15. The second kappa shape index (κ2) is 8.30. The summed E-state index contributed by atoms with van der Waals surface area (Å²) in [7, 11) is 0. The predicted molar refractivity (Wildman–Crippen MR) is 165 cm³/mol. The van der Waals surface area contributed by atoms with Crippen molar-refractivity contribution in [2.75, 3.05) is 0 Å². The molecule has 0 bridgehead atoms. The maximum Gasteiger partial charge on any atom is -0.00266 e. The minimum atomic E-state index is 1.25. The number of benzene rings is 8. The van der Waals surface area contributed by atoms with E-state index >= 15 is 0 Å². The van der Waals surface area contributed by atoms with Crippen LogP contribution in [-0.2, 0) is 0 Å². The van der Waals surface area contributed by atoms with E-state index in [9.17, 15) is 0 Å². The normalized spacial score (nSPS) is 11.7. The molecule has 0 atom stereocenters. The van der Waals surface area contributed by atoms with Crippen LogP contribution in [0.2, 0.25) is 0 Å². The van der Waals surface area contributed by atoms with Gasteiger partial charge in [0.25, 0.3) is 0 Å². The van der Waals surface area contributed by atoms with Crippen LogP contribution in [0.15, 0.2) is 146 Å². The molecule has 0 nitrogen and oxygen atoms in total. The molecule has 0 radical (unpaired) electrons. The average molecular weight is 481 g/mol. The molecular formula is C38H24. The Hall–Kier alpha value is -4.94. The van der Waals surface area contributed by atoms with Crippen molar-refractivity contribution in [2.45, 2.75) is 0 Å². The van der Waals surface area contributed by atoms with Crippen molar-refractivity contribution in [1.82, 2.24) is 0 Å². The van der Waals surface area contributed by atoms with Crippen LogP contribution in [0.1, 0.15) is 0 Å². The first kappa shape index (κ1) is 21.2. The van der Waals surface area contributed by atoms with Crippen LogP contribution in [0.4, 0.5) is 0 Å². The average Bonchev–Trinajstić information content (AvgIpc) is 2.99. The lowest BCUT2D eigenvalue weighted by atomic mass is 9.90. The highest BCUT2D eigenvalue weighted by Gasteiger charge is 2.11.